The topological polar surface area (TPSA) is 48.3 Å². The van der Waals surface area contributed by atoms with Crippen LogP contribution in [0.25, 0.3) is 10.9 Å². The first-order valence-electron chi connectivity index (χ1n) is 10.6. The Kier molecular flexibility index (Phi) is 6.47. The Hall–Kier alpha value is -2.99. The smallest absolute Gasteiger partial charge is 0.116 e. The fourth-order valence-corrected chi connectivity index (χ4v) is 3.86. The lowest BCUT2D eigenvalue weighted by atomic mass is 9.94. The van der Waals surface area contributed by atoms with Crippen molar-refractivity contribution in [3.8, 4) is 0 Å². The van der Waals surface area contributed by atoms with Crippen LogP contribution in [0.5, 0.6) is 0 Å². The van der Waals surface area contributed by atoms with E-state index in [1.165, 1.54) is 5.56 Å². The molecule has 0 amide bonds. The van der Waals surface area contributed by atoms with Gasteiger partial charge < -0.3 is 4.74 Å². The third-order valence-electron chi connectivity index (χ3n) is 5.67. The average molecular weight is 416 g/mol. The molecule has 5 nitrogen and oxygen atoms in total. The van der Waals surface area contributed by atoms with Crippen LogP contribution in [-0.2, 0) is 21.7 Å². The number of nitrogens with one attached hydrogen (secondary N) is 1. The minimum atomic E-state index is -0.311. The molecule has 0 aliphatic heterocycles. The van der Waals surface area contributed by atoms with Crippen molar-refractivity contribution in [1.82, 2.24) is 15.3 Å². The fraction of sp³-hybridized carbons (Fsp3) is 0.269. The van der Waals surface area contributed by atoms with Gasteiger partial charge in [0.1, 0.15) is 11.8 Å². The summed E-state index contributed by atoms with van der Waals surface area (Å²) in [6.07, 6.45) is -0.242. The maximum absolute atomic E-state index is 5.81. The summed E-state index contributed by atoms with van der Waals surface area (Å²) in [5.74, 6) is 0. The number of methoxy groups -OCH3 is 1. The highest BCUT2D eigenvalue weighted by Crippen LogP contribution is 2.33. The van der Waals surface area contributed by atoms with Crippen molar-refractivity contribution in [2.75, 3.05) is 13.7 Å². The lowest BCUT2D eigenvalue weighted by molar-refractivity contribution is -0.00924. The molecule has 160 valence electrons. The van der Waals surface area contributed by atoms with Gasteiger partial charge in [0.25, 0.3) is 0 Å². The lowest BCUT2D eigenvalue weighted by Gasteiger charge is -2.27. The molecule has 1 atom stereocenters. The molecule has 0 radical (unpaired) electrons. The number of nitrogens with zero attached hydrogens (tertiary/aromatic N) is 2. The molecule has 4 rings (SSSR count). The van der Waals surface area contributed by atoms with Gasteiger partial charge >= 0.3 is 0 Å². The second-order valence-electron chi connectivity index (χ2n) is 8.09. The summed E-state index contributed by atoms with van der Waals surface area (Å²) in [7, 11) is 1.71. The Morgan fingerprint density at radius 1 is 0.903 bits per heavy atom. The molecule has 0 aliphatic carbocycles. The molecule has 1 aromatic heterocycles. The standard InChI is InChI=1S/C26H29N3O2/c1-26(2,21-14-8-5-9-15-21)29-23-17-11-10-16-22(23)25(28-29)24(30-3)18-27-31-19-20-12-6-4-7-13-20/h4-17,24,27H,18-19H2,1-3H3. The fourth-order valence-electron chi connectivity index (χ4n) is 3.86. The summed E-state index contributed by atoms with van der Waals surface area (Å²) >= 11 is 0. The summed E-state index contributed by atoms with van der Waals surface area (Å²) in [4.78, 5) is 5.66. The van der Waals surface area contributed by atoms with Crippen molar-refractivity contribution in [2.24, 2.45) is 0 Å². The van der Waals surface area contributed by atoms with Crippen molar-refractivity contribution in [1.29, 1.82) is 0 Å². The highest BCUT2D eigenvalue weighted by Gasteiger charge is 2.29. The summed E-state index contributed by atoms with van der Waals surface area (Å²) in [6.45, 7) is 5.37. The Labute approximate surface area is 183 Å². The zero-order valence-corrected chi connectivity index (χ0v) is 18.3. The molecular weight excluding hydrogens is 386 g/mol. The van der Waals surface area contributed by atoms with Crippen LogP contribution in [-0.4, -0.2) is 23.4 Å². The number of para-hydroxylation sites is 1. The Bertz CT molecular complexity index is 1110. The SMILES string of the molecule is COC(CNOCc1ccccc1)c1nn(C(C)(C)c2ccccc2)c2ccccc12. The first-order chi connectivity index (χ1) is 15.1. The number of hydroxylamine groups is 1. The number of benzene rings is 3. The molecule has 31 heavy (non-hydrogen) atoms. The molecule has 1 heterocycles. The van der Waals surface area contributed by atoms with Crippen LogP contribution in [0.1, 0.15) is 36.8 Å². The van der Waals surface area contributed by atoms with Gasteiger partial charge in [0.15, 0.2) is 0 Å². The molecule has 1 N–H and O–H groups in total. The van der Waals surface area contributed by atoms with E-state index in [4.69, 9.17) is 14.7 Å². The van der Waals surface area contributed by atoms with E-state index in [9.17, 15) is 0 Å². The third kappa shape index (κ3) is 4.54. The quantitative estimate of drug-likeness (QED) is 0.300. The summed E-state index contributed by atoms with van der Waals surface area (Å²) in [5.41, 5.74) is 7.04. The predicted octanol–water partition coefficient (Wildman–Crippen LogP) is 5.23. The minimum Gasteiger partial charge on any atom is -0.374 e. The van der Waals surface area contributed by atoms with Gasteiger partial charge in [-0.25, -0.2) is 0 Å². The van der Waals surface area contributed by atoms with Crippen LogP contribution in [0, 0.1) is 0 Å². The molecular formula is C26H29N3O2. The zero-order valence-electron chi connectivity index (χ0n) is 18.3. The van der Waals surface area contributed by atoms with Crippen LogP contribution < -0.4 is 5.48 Å². The minimum absolute atomic E-state index is 0.242. The van der Waals surface area contributed by atoms with Gasteiger partial charge in [0.05, 0.1) is 24.2 Å². The highest BCUT2D eigenvalue weighted by molar-refractivity contribution is 5.82. The summed E-state index contributed by atoms with van der Waals surface area (Å²) in [5, 5.41) is 6.13. The Morgan fingerprint density at radius 3 is 2.26 bits per heavy atom. The maximum atomic E-state index is 5.81. The highest BCUT2D eigenvalue weighted by atomic mass is 16.6. The van der Waals surface area contributed by atoms with Crippen LogP contribution in [0.3, 0.4) is 0 Å². The van der Waals surface area contributed by atoms with E-state index in [0.29, 0.717) is 13.2 Å². The molecule has 0 saturated carbocycles. The molecule has 0 bridgehead atoms. The second-order valence-corrected chi connectivity index (χ2v) is 8.09. The van der Waals surface area contributed by atoms with Gasteiger partial charge in [-0.05, 0) is 31.0 Å². The van der Waals surface area contributed by atoms with Crippen molar-refractivity contribution in [2.45, 2.75) is 32.1 Å². The molecule has 0 aliphatic rings. The number of aromatic nitrogens is 2. The van der Waals surface area contributed by atoms with Crippen LogP contribution >= 0.6 is 0 Å². The normalized spacial score (nSPS) is 12.9. The molecule has 0 spiro atoms. The van der Waals surface area contributed by atoms with Crippen molar-refractivity contribution < 1.29 is 9.57 Å². The monoisotopic (exact) mass is 415 g/mol. The number of rotatable bonds is 9. The van der Waals surface area contributed by atoms with Gasteiger partial charge in [0.2, 0.25) is 0 Å². The number of ether oxygens (including phenoxy) is 1. The Balaban J connectivity index is 1.58. The van der Waals surface area contributed by atoms with Crippen LogP contribution in [0.4, 0.5) is 0 Å². The molecule has 4 aromatic rings. The van der Waals surface area contributed by atoms with Gasteiger partial charge in [-0.1, -0.05) is 78.9 Å². The van der Waals surface area contributed by atoms with E-state index < -0.39 is 0 Å². The van der Waals surface area contributed by atoms with Gasteiger partial charge in [-0.3, -0.25) is 9.52 Å². The van der Waals surface area contributed by atoms with E-state index in [-0.39, 0.29) is 11.6 Å². The van der Waals surface area contributed by atoms with Gasteiger partial charge in [0, 0.05) is 12.5 Å². The summed E-state index contributed by atoms with van der Waals surface area (Å²) in [6, 6.07) is 28.8. The largest absolute Gasteiger partial charge is 0.374 e. The first-order valence-corrected chi connectivity index (χ1v) is 10.6. The number of hydrogen-bond donors (Lipinski definition) is 1. The van der Waals surface area contributed by atoms with E-state index in [0.717, 1.165) is 22.2 Å². The predicted molar refractivity (Wildman–Crippen MR) is 124 cm³/mol. The first kappa shape index (κ1) is 21.2. The van der Waals surface area contributed by atoms with E-state index in [2.05, 4.69) is 60.4 Å². The van der Waals surface area contributed by atoms with E-state index in [1.54, 1.807) is 7.11 Å². The number of fused-ring (bicyclic) bond motifs is 1. The number of hydrogen-bond acceptors (Lipinski definition) is 4. The summed E-state index contributed by atoms with van der Waals surface area (Å²) < 4.78 is 7.91. The zero-order chi connectivity index (χ0) is 21.7. The van der Waals surface area contributed by atoms with Crippen molar-refractivity contribution >= 4 is 10.9 Å². The van der Waals surface area contributed by atoms with Crippen molar-refractivity contribution in [3.63, 3.8) is 0 Å². The van der Waals surface area contributed by atoms with Crippen LogP contribution in [0.15, 0.2) is 84.9 Å². The lowest BCUT2D eigenvalue weighted by Crippen LogP contribution is -2.29. The van der Waals surface area contributed by atoms with E-state index in [1.807, 2.05) is 48.5 Å². The average Bonchev–Trinajstić information content (AvgIpc) is 3.21. The Morgan fingerprint density at radius 2 is 1.55 bits per heavy atom. The molecule has 5 heteroatoms. The third-order valence-corrected chi connectivity index (χ3v) is 5.67. The molecule has 0 saturated heterocycles. The van der Waals surface area contributed by atoms with Crippen LogP contribution in [0.2, 0.25) is 0 Å². The van der Waals surface area contributed by atoms with E-state index >= 15 is 0 Å². The van der Waals surface area contributed by atoms with Crippen molar-refractivity contribution in [3.05, 3.63) is 102 Å². The molecule has 0 fully saturated rings. The molecule has 3 aromatic carbocycles. The van der Waals surface area contributed by atoms with Gasteiger partial charge in [-0.15, -0.1) is 0 Å². The maximum Gasteiger partial charge on any atom is 0.116 e. The second kappa shape index (κ2) is 9.43. The molecule has 1 unspecified atom stereocenters. The van der Waals surface area contributed by atoms with Gasteiger partial charge in [-0.2, -0.15) is 10.6 Å².